The zero-order valence-electron chi connectivity index (χ0n) is 19.2. The number of nitrogens with one attached hydrogen (secondary N) is 2. The Kier molecular flexibility index (Phi) is 9.68. The van der Waals surface area contributed by atoms with Gasteiger partial charge in [-0.1, -0.05) is 78.9 Å². The molecule has 0 fully saturated rings. The quantitative estimate of drug-likeness (QED) is 0.363. The summed E-state index contributed by atoms with van der Waals surface area (Å²) >= 11 is 0. The zero-order chi connectivity index (χ0) is 24.9. The van der Waals surface area contributed by atoms with Crippen molar-refractivity contribution in [2.75, 3.05) is 0 Å². The van der Waals surface area contributed by atoms with E-state index in [0.717, 1.165) is 11.1 Å². The third-order valence-electron chi connectivity index (χ3n) is 5.14. The summed E-state index contributed by atoms with van der Waals surface area (Å²) in [4.78, 5) is 37.4. The largest absolute Gasteiger partial charge is 0.508 e. The van der Waals surface area contributed by atoms with Crippen LogP contribution in [0, 0.1) is 0 Å². The highest BCUT2D eigenvalue weighted by atomic mass is 16.6. The molecule has 1 atom stereocenters. The molecular weight excluding hydrogens is 448 g/mol. The molecule has 0 aliphatic heterocycles. The highest BCUT2D eigenvalue weighted by Gasteiger charge is 2.24. The fourth-order valence-corrected chi connectivity index (χ4v) is 3.20. The number of hydrogen-bond donors (Lipinski definition) is 3. The topological polar surface area (TPSA) is 114 Å². The summed E-state index contributed by atoms with van der Waals surface area (Å²) in [5, 5.41) is 15.0. The van der Waals surface area contributed by atoms with Crippen molar-refractivity contribution < 1.29 is 29.0 Å². The molecule has 0 bridgehead atoms. The fourth-order valence-electron chi connectivity index (χ4n) is 3.20. The molecule has 1 unspecified atom stereocenters. The first-order valence-electron chi connectivity index (χ1n) is 11.2. The number of hydrogen-bond acceptors (Lipinski definition) is 6. The average molecular weight is 477 g/mol. The molecular formula is C27H28N2O6. The standard InChI is InChI=1S/C27H28N2O6/c30-24-14-8-7-13-22(24)17-28-25(31)16-15-23(26(32)34-18-20-9-3-1-4-10-20)29-27(33)35-19-21-11-5-2-6-12-21/h1-14,23,30H,15-19H2,(H,28,31)(H,29,33). The van der Waals surface area contributed by atoms with Crippen molar-refractivity contribution in [3.05, 3.63) is 102 Å². The third kappa shape index (κ3) is 8.85. The molecule has 8 nitrogen and oxygen atoms in total. The van der Waals surface area contributed by atoms with Crippen LogP contribution in [0.1, 0.15) is 29.5 Å². The molecule has 3 rings (SSSR count). The van der Waals surface area contributed by atoms with E-state index in [1.807, 2.05) is 60.7 Å². The van der Waals surface area contributed by atoms with E-state index in [9.17, 15) is 19.5 Å². The van der Waals surface area contributed by atoms with Gasteiger partial charge < -0.3 is 25.2 Å². The van der Waals surface area contributed by atoms with Crippen molar-refractivity contribution >= 4 is 18.0 Å². The molecule has 0 heterocycles. The van der Waals surface area contributed by atoms with Crippen LogP contribution in [0.25, 0.3) is 0 Å². The van der Waals surface area contributed by atoms with E-state index in [2.05, 4.69) is 10.6 Å². The van der Waals surface area contributed by atoms with Crippen LogP contribution >= 0.6 is 0 Å². The lowest BCUT2D eigenvalue weighted by molar-refractivity contribution is -0.147. The van der Waals surface area contributed by atoms with Crippen molar-refractivity contribution in [1.29, 1.82) is 0 Å². The number of benzene rings is 3. The van der Waals surface area contributed by atoms with Crippen molar-refractivity contribution in [2.45, 2.75) is 38.6 Å². The first kappa shape index (κ1) is 25.3. The van der Waals surface area contributed by atoms with Gasteiger partial charge >= 0.3 is 12.1 Å². The highest BCUT2D eigenvalue weighted by molar-refractivity contribution is 5.83. The van der Waals surface area contributed by atoms with Crippen LogP contribution in [-0.4, -0.2) is 29.1 Å². The Hall–Kier alpha value is -4.33. The molecule has 0 saturated carbocycles. The second-order valence-corrected chi connectivity index (χ2v) is 7.80. The predicted molar refractivity (Wildman–Crippen MR) is 129 cm³/mol. The van der Waals surface area contributed by atoms with Crippen molar-refractivity contribution in [2.24, 2.45) is 0 Å². The van der Waals surface area contributed by atoms with E-state index in [1.165, 1.54) is 6.07 Å². The van der Waals surface area contributed by atoms with Crippen molar-refractivity contribution in [3.63, 3.8) is 0 Å². The molecule has 0 spiro atoms. The molecule has 3 aromatic rings. The van der Waals surface area contributed by atoms with Gasteiger partial charge in [-0.15, -0.1) is 0 Å². The van der Waals surface area contributed by atoms with Crippen molar-refractivity contribution in [1.82, 2.24) is 10.6 Å². The molecule has 0 aromatic heterocycles. The summed E-state index contributed by atoms with van der Waals surface area (Å²) in [6.45, 7) is 0.219. The number of para-hydroxylation sites is 1. The van der Waals surface area contributed by atoms with E-state index in [4.69, 9.17) is 9.47 Å². The predicted octanol–water partition coefficient (Wildman–Crippen LogP) is 3.83. The molecule has 0 saturated heterocycles. The molecule has 35 heavy (non-hydrogen) atoms. The fraction of sp³-hybridized carbons (Fsp3) is 0.222. The Morgan fingerprint density at radius 1 is 0.771 bits per heavy atom. The van der Waals surface area contributed by atoms with Gasteiger partial charge in [0, 0.05) is 18.5 Å². The van der Waals surface area contributed by atoms with Gasteiger partial charge in [0.1, 0.15) is 25.0 Å². The average Bonchev–Trinajstić information content (AvgIpc) is 2.89. The number of phenols is 1. The smallest absolute Gasteiger partial charge is 0.408 e. The minimum absolute atomic E-state index is 0.0145. The summed E-state index contributed by atoms with van der Waals surface area (Å²) < 4.78 is 10.6. The van der Waals surface area contributed by atoms with Crippen LogP contribution < -0.4 is 10.6 Å². The van der Waals surface area contributed by atoms with Crippen molar-refractivity contribution in [3.8, 4) is 5.75 Å². The second-order valence-electron chi connectivity index (χ2n) is 7.80. The van der Waals surface area contributed by atoms with Gasteiger partial charge in [0.2, 0.25) is 5.91 Å². The summed E-state index contributed by atoms with van der Waals surface area (Å²) in [6, 6.07) is 23.9. The van der Waals surface area contributed by atoms with Crippen LogP contribution in [0.5, 0.6) is 5.75 Å². The van der Waals surface area contributed by atoms with Crippen LogP contribution in [-0.2, 0) is 38.8 Å². The van der Waals surface area contributed by atoms with Gasteiger partial charge in [-0.2, -0.15) is 0 Å². The molecule has 182 valence electrons. The lowest BCUT2D eigenvalue weighted by Gasteiger charge is -2.18. The molecule has 2 amide bonds. The van der Waals surface area contributed by atoms with Crippen LogP contribution in [0.3, 0.4) is 0 Å². The van der Waals surface area contributed by atoms with E-state index in [0.29, 0.717) is 5.56 Å². The van der Waals surface area contributed by atoms with E-state index in [-0.39, 0.29) is 44.3 Å². The maximum atomic E-state index is 12.7. The molecule has 8 heteroatoms. The Balaban J connectivity index is 1.54. The maximum Gasteiger partial charge on any atom is 0.408 e. The third-order valence-corrected chi connectivity index (χ3v) is 5.14. The Morgan fingerprint density at radius 3 is 1.97 bits per heavy atom. The first-order chi connectivity index (χ1) is 17.0. The van der Waals surface area contributed by atoms with Crippen LogP contribution in [0.2, 0.25) is 0 Å². The van der Waals surface area contributed by atoms with Gasteiger partial charge in [-0.25, -0.2) is 9.59 Å². The minimum Gasteiger partial charge on any atom is -0.508 e. The molecule has 0 radical (unpaired) electrons. The number of carbonyl (C=O) groups is 3. The zero-order valence-corrected chi connectivity index (χ0v) is 19.2. The number of esters is 1. The number of phenolic OH excluding ortho intramolecular Hbond substituents is 1. The number of alkyl carbamates (subject to hydrolysis) is 1. The number of aromatic hydroxyl groups is 1. The summed E-state index contributed by atoms with van der Waals surface area (Å²) in [5.41, 5.74) is 2.17. The Bertz CT molecular complexity index is 1100. The maximum absolute atomic E-state index is 12.7. The summed E-state index contributed by atoms with van der Waals surface area (Å²) in [6.07, 6.45) is -0.816. The van der Waals surface area contributed by atoms with Gasteiger partial charge in [-0.05, 0) is 23.6 Å². The van der Waals surface area contributed by atoms with Gasteiger partial charge in [0.05, 0.1) is 0 Å². The van der Waals surface area contributed by atoms with E-state index < -0.39 is 18.1 Å². The lowest BCUT2D eigenvalue weighted by atomic mass is 10.1. The molecule has 0 aliphatic rings. The van der Waals surface area contributed by atoms with Crippen LogP contribution in [0.4, 0.5) is 4.79 Å². The van der Waals surface area contributed by atoms with Gasteiger partial charge in [0.15, 0.2) is 0 Å². The molecule has 0 aliphatic carbocycles. The molecule has 3 aromatic carbocycles. The highest BCUT2D eigenvalue weighted by Crippen LogP contribution is 2.15. The summed E-state index contributed by atoms with van der Waals surface area (Å²) in [7, 11) is 0. The van der Waals surface area contributed by atoms with E-state index in [1.54, 1.807) is 18.2 Å². The molecule has 3 N–H and O–H groups in total. The monoisotopic (exact) mass is 476 g/mol. The second kappa shape index (κ2) is 13.4. The Labute approximate surface area is 203 Å². The SMILES string of the molecule is O=C(CCC(NC(=O)OCc1ccccc1)C(=O)OCc1ccccc1)NCc1ccccc1O. The lowest BCUT2D eigenvalue weighted by Crippen LogP contribution is -2.42. The van der Waals surface area contributed by atoms with Gasteiger partial charge in [0.25, 0.3) is 0 Å². The van der Waals surface area contributed by atoms with Crippen LogP contribution in [0.15, 0.2) is 84.9 Å². The number of amides is 2. The number of rotatable bonds is 11. The number of carbonyl (C=O) groups excluding carboxylic acids is 3. The normalized spacial score (nSPS) is 11.2. The minimum atomic E-state index is -1.07. The summed E-state index contributed by atoms with van der Waals surface area (Å²) in [5.74, 6) is -0.925. The van der Waals surface area contributed by atoms with E-state index >= 15 is 0 Å². The number of ether oxygens (including phenoxy) is 2. The first-order valence-corrected chi connectivity index (χ1v) is 11.2. The van der Waals surface area contributed by atoms with Gasteiger partial charge in [-0.3, -0.25) is 4.79 Å². The Morgan fingerprint density at radius 2 is 1.34 bits per heavy atom.